The lowest BCUT2D eigenvalue weighted by Gasteiger charge is -2.35. The second kappa shape index (κ2) is 5.40. The molecule has 1 aliphatic heterocycles. The minimum absolute atomic E-state index is 0.478. The van der Waals surface area contributed by atoms with Gasteiger partial charge in [0, 0.05) is 31.8 Å². The van der Waals surface area contributed by atoms with E-state index in [0.717, 1.165) is 18.8 Å². The van der Waals surface area contributed by atoms with E-state index in [2.05, 4.69) is 41.1 Å². The summed E-state index contributed by atoms with van der Waals surface area (Å²) in [5.74, 6) is 3.58. The number of nitrogens with zero attached hydrogens (tertiary/aromatic N) is 3. The van der Waals surface area contributed by atoms with Crippen LogP contribution in [0.25, 0.3) is 0 Å². The SMILES string of the molecule is Cn1cnnc1CCNC1CSCC(C)(C)C1. The summed E-state index contributed by atoms with van der Waals surface area (Å²) in [6, 6.07) is 0.650. The molecule has 0 bridgehead atoms. The second-order valence-electron chi connectivity index (χ2n) is 5.64. The normalized spacial score (nSPS) is 23.8. The molecule has 1 N–H and O–H groups in total. The van der Waals surface area contributed by atoms with Gasteiger partial charge in [0.05, 0.1) is 0 Å². The fraction of sp³-hybridized carbons (Fsp3) is 0.833. The summed E-state index contributed by atoms with van der Waals surface area (Å²) in [6.45, 7) is 5.71. The maximum atomic E-state index is 4.09. The first kappa shape index (κ1) is 12.9. The molecular weight excluding hydrogens is 232 g/mol. The molecule has 1 aromatic rings. The van der Waals surface area contributed by atoms with Crippen molar-refractivity contribution < 1.29 is 0 Å². The van der Waals surface area contributed by atoms with Gasteiger partial charge in [0.25, 0.3) is 0 Å². The fourth-order valence-corrected chi connectivity index (χ4v) is 3.62. The summed E-state index contributed by atoms with van der Waals surface area (Å²) in [6.07, 6.45) is 3.99. The van der Waals surface area contributed by atoms with Crippen molar-refractivity contribution in [1.29, 1.82) is 0 Å². The van der Waals surface area contributed by atoms with E-state index in [1.54, 1.807) is 6.33 Å². The maximum absolute atomic E-state index is 4.09. The lowest BCUT2D eigenvalue weighted by molar-refractivity contribution is 0.318. The monoisotopic (exact) mass is 254 g/mol. The van der Waals surface area contributed by atoms with Crippen LogP contribution in [-0.4, -0.2) is 38.9 Å². The Morgan fingerprint density at radius 1 is 1.59 bits per heavy atom. The quantitative estimate of drug-likeness (QED) is 0.884. The highest BCUT2D eigenvalue weighted by atomic mass is 32.2. The molecule has 0 saturated carbocycles. The molecular formula is C12H22N4S. The van der Waals surface area contributed by atoms with Crippen LogP contribution in [0.15, 0.2) is 6.33 Å². The molecule has 1 fully saturated rings. The number of aryl methyl sites for hydroxylation is 1. The molecule has 1 aromatic heterocycles. The van der Waals surface area contributed by atoms with Gasteiger partial charge in [-0.3, -0.25) is 0 Å². The highest BCUT2D eigenvalue weighted by molar-refractivity contribution is 7.99. The van der Waals surface area contributed by atoms with Crippen LogP contribution in [0.1, 0.15) is 26.1 Å². The molecule has 0 spiro atoms. The fourth-order valence-electron chi connectivity index (χ4n) is 2.32. The lowest BCUT2D eigenvalue weighted by atomic mass is 9.88. The average Bonchev–Trinajstić information content (AvgIpc) is 2.63. The standard InChI is InChI=1S/C12H22N4S/c1-12(2)6-10(7-17-8-12)13-5-4-11-15-14-9-16(11)3/h9-10,13H,4-8H2,1-3H3. The first-order chi connectivity index (χ1) is 8.07. The number of hydrogen-bond acceptors (Lipinski definition) is 4. The predicted octanol–water partition coefficient (Wildman–Crippen LogP) is 1.48. The molecule has 17 heavy (non-hydrogen) atoms. The van der Waals surface area contributed by atoms with Crippen LogP contribution in [0.2, 0.25) is 0 Å². The number of nitrogens with one attached hydrogen (secondary N) is 1. The Hall–Kier alpha value is -0.550. The highest BCUT2D eigenvalue weighted by Crippen LogP contribution is 2.33. The zero-order valence-corrected chi connectivity index (χ0v) is 11.8. The molecule has 2 rings (SSSR count). The molecule has 96 valence electrons. The predicted molar refractivity (Wildman–Crippen MR) is 72.2 cm³/mol. The lowest BCUT2D eigenvalue weighted by Crippen LogP contribution is -2.41. The molecule has 0 aromatic carbocycles. The van der Waals surface area contributed by atoms with E-state index in [-0.39, 0.29) is 0 Å². The van der Waals surface area contributed by atoms with E-state index in [9.17, 15) is 0 Å². The van der Waals surface area contributed by atoms with Gasteiger partial charge in [-0.1, -0.05) is 13.8 Å². The smallest absolute Gasteiger partial charge is 0.133 e. The Balaban J connectivity index is 1.74. The zero-order chi connectivity index (χ0) is 12.3. The minimum atomic E-state index is 0.478. The molecule has 5 heteroatoms. The van der Waals surface area contributed by atoms with Crippen LogP contribution in [-0.2, 0) is 13.5 Å². The summed E-state index contributed by atoms with van der Waals surface area (Å²) < 4.78 is 1.99. The van der Waals surface area contributed by atoms with Crippen molar-refractivity contribution in [2.45, 2.75) is 32.7 Å². The van der Waals surface area contributed by atoms with Gasteiger partial charge in [-0.2, -0.15) is 11.8 Å². The van der Waals surface area contributed by atoms with Gasteiger partial charge in [-0.15, -0.1) is 10.2 Å². The van der Waals surface area contributed by atoms with Crippen molar-refractivity contribution in [1.82, 2.24) is 20.1 Å². The molecule has 2 heterocycles. The van der Waals surface area contributed by atoms with Crippen LogP contribution in [0, 0.1) is 5.41 Å². The van der Waals surface area contributed by atoms with Crippen LogP contribution >= 0.6 is 11.8 Å². The van der Waals surface area contributed by atoms with E-state index in [0.29, 0.717) is 11.5 Å². The van der Waals surface area contributed by atoms with Crippen LogP contribution in [0.5, 0.6) is 0 Å². The third-order valence-electron chi connectivity index (χ3n) is 3.20. The van der Waals surface area contributed by atoms with Crippen LogP contribution in [0.3, 0.4) is 0 Å². The summed E-state index contributed by atoms with van der Waals surface area (Å²) in [7, 11) is 1.99. The molecule has 1 saturated heterocycles. The second-order valence-corrected chi connectivity index (χ2v) is 6.67. The van der Waals surface area contributed by atoms with E-state index >= 15 is 0 Å². The zero-order valence-electron chi connectivity index (χ0n) is 10.9. The van der Waals surface area contributed by atoms with E-state index in [4.69, 9.17) is 0 Å². The van der Waals surface area contributed by atoms with Crippen molar-refractivity contribution in [2.75, 3.05) is 18.1 Å². The van der Waals surface area contributed by atoms with E-state index in [1.807, 2.05) is 11.6 Å². The Morgan fingerprint density at radius 3 is 3.06 bits per heavy atom. The van der Waals surface area contributed by atoms with Gasteiger partial charge in [0.2, 0.25) is 0 Å². The summed E-state index contributed by atoms with van der Waals surface area (Å²) in [5.41, 5.74) is 0.478. The molecule has 0 aliphatic carbocycles. The van der Waals surface area contributed by atoms with Gasteiger partial charge in [-0.25, -0.2) is 0 Å². The van der Waals surface area contributed by atoms with Crippen molar-refractivity contribution in [2.24, 2.45) is 12.5 Å². The van der Waals surface area contributed by atoms with Crippen molar-refractivity contribution in [3.05, 3.63) is 12.2 Å². The molecule has 4 nitrogen and oxygen atoms in total. The number of rotatable bonds is 4. The van der Waals surface area contributed by atoms with Crippen molar-refractivity contribution in [3.8, 4) is 0 Å². The number of thioether (sulfide) groups is 1. The Labute approximate surface area is 108 Å². The highest BCUT2D eigenvalue weighted by Gasteiger charge is 2.27. The Morgan fingerprint density at radius 2 is 2.41 bits per heavy atom. The number of hydrogen-bond donors (Lipinski definition) is 1. The summed E-state index contributed by atoms with van der Waals surface area (Å²) >= 11 is 2.07. The molecule has 0 radical (unpaired) electrons. The average molecular weight is 254 g/mol. The number of aromatic nitrogens is 3. The van der Waals surface area contributed by atoms with Crippen molar-refractivity contribution >= 4 is 11.8 Å². The first-order valence-corrected chi connectivity index (χ1v) is 7.36. The molecule has 1 atom stereocenters. The van der Waals surface area contributed by atoms with Gasteiger partial charge < -0.3 is 9.88 Å². The van der Waals surface area contributed by atoms with E-state index < -0.39 is 0 Å². The third kappa shape index (κ3) is 3.71. The summed E-state index contributed by atoms with van der Waals surface area (Å²) in [5, 5.41) is 11.6. The third-order valence-corrected chi connectivity index (χ3v) is 4.82. The first-order valence-electron chi connectivity index (χ1n) is 6.21. The van der Waals surface area contributed by atoms with E-state index in [1.165, 1.54) is 17.9 Å². The maximum Gasteiger partial charge on any atom is 0.133 e. The van der Waals surface area contributed by atoms with Crippen LogP contribution in [0.4, 0.5) is 0 Å². The van der Waals surface area contributed by atoms with Gasteiger partial charge in [0.1, 0.15) is 12.2 Å². The van der Waals surface area contributed by atoms with Gasteiger partial charge in [-0.05, 0) is 17.6 Å². The summed E-state index contributed by atoms with van der Waals surface area (Å²) in [4.78, 5) is 0. The topological polar surface area (TPSA) is 42.7 Å². The van der Waals surface area contributed by atoms with Gasteiger partial charge >= 0.3 is 0 Å². The van der Waals surface area contributed by atoms with Crippen molar-refractivity contribution in [3.63, 3.8) is 0 Å². The molecule has 1 aliphatic rings. The molecule has 0 amide bonds. The van der Waals surface area contributed by atoms with Crippen LogP contribution < -0.4 is 5.32 Å². The minimum Gasteiger partial charge on any atom is -0.321 e. The Kier molecular flexibility index (Phi) is 4.09. The molecule has 1 unspecified atom stereocenters. The largest absolute Gasteiger partial charge is 0.321 e. The Bertz CT molecular complexity index is 361. The van der Waals surface area contributed by atoms with Gasteiger partial charge in [0.15, 0.2) is 0 Å².